The Hall–Kier alpha value is -1.14. The van der Waals surface area contributed by atoms with Crippen molar-refractivity contribution >= 4 is 34.8 Å². The second-order valence-electron chi connectivity index (χ2n) is 4.68. The van der Waals surface area contributed by atoms with E-state index in [0.29, 0.717) is 17.4 Å². The second kappa shape index (κ2) is 7.45. The van der Waals surface area contributed by atoms with Gasteiger partial charge in [-0.25, -0.2) is 4.98 Å². The predicted molar refractivity (Wildman–Crippen MR) is 76.0 cm³/mol. The van der Waals surface area contributed by atoms with E-state index < -0.39 is 5.91 Å². The van der Waals surface area contributed by atoms with E-state index in [2.05, 4.69) is 4.98 Å². The first-order valence-electron chi connectivity index (χ1n) is 5.97. The van der Waals surface area contributed by atoms with Crippen LogP contribution < -0.4 is 5.73 Å². The number of alkyl halides is 1. The predicted octanol–water partition coefficient (Wildman–Crippen LogP) is 1.39. The number of thiazole rings is 1. The maximum absolute atomic E-state index is 12.1. The number of aromatic nitrogens is 1. The van der Waals surface area contributed by atoms with Crippen molar-refractivity contribution in [3.8, 4) is 0 Å². The summed E-state index contributed by atoms with van der Waals surface area (Å²) in [7, 11) is 0. The topological polar surface area (TPSA) is 76.3 Å². The highest BCUT2D eigenvalue weighted by atomic mass is 35.5. The summed E-state index contributed by atoms with van der Waals surface area (Å²) in [5.74, 6) is -0.0302. The van der Waals surface area contributed by atoms with Gasteiger partial charge in [-0.2, -0.15) is 0 Å². The molecule has 0 aromatic carbocycles. The number of nitrogens with zero attached hydrogens (tertiary/aromatic N) is 2. The number of carbonyl (C=O) groups is 2. The first-order chi connectivity index (χ1) is 8.92. The quantitative estimate of drug-likeness (QED) is 0.773. The van der Waals surface area contributed by atoms with Crippen LogP contribution in [-0.4, -0.2) is 34.8 Å². The van der Waals surface area contributed by atoms with Gasteiger partial charge in [0.1, 0.15) is 5.01 Å². The van der Waals surface area contributed by atoms with Crippen LogP contribution in [0.1, 0.15) is 24.5 Å². The Kier molecular flexibility index (Phi) is 6.24. The van der Waals surface area contributed by atoms with E-state index in [0.717, 1.165) is 5.69 Å². The third kappa shape index (κ3) is 5.57. The maximum Gasteiger partial charge on any atom is 0.237 e. The first-order valence-corrected chi connectivity index (χ1v) is 7.39. The number of rotatable bonds is 7. The minimum atomic E-state index is -0.505. The van der Waals surface area contributed by atoms with Crippen molar-refractivity contribution in [2.75, 3.05) is 13.1 Å². The van der Waals surface area contributed by atoms with Gasteiger partial charge in [0, 0.05) is 11.9 Å². The molecule has 1 rings (SSSR count). The summed E-state index contributed by atoms with van der Waals surface area (Å²) in [4.78, 5) is 28.8. The van der Waals surface area contributed by atoms with Crippen LogP contribution in [0.25, 0.3) is 0 Å². The van der Waals surface area contributed by atoms with Crippen molar-refractivity contribution in [1.29, 1.82) is 0 Å². The summed E-state index contributed by atoms with van der Waals surface area (Å²) in [6.07, 6.45) is 0.182. The van der Waals surface area contributed by atoms with Gasteiger partial charge in [0.15, 0.2) is 0 Å². The monoisotopic (exact) mass is 303 g/mol. The zero-order chi connectivity index (χ0) is 14.4. The third-order valence-corrected chi connectivity index (χ3v) is 3.50. The van der Waals surface area contributed by atoms with Crippen LogP contribution in [0.5, 0.6) is 0 Å². The van der Waals surface area contributed by atoms with Gasteiger partial charge >= 0.3 is 0 Å². The minimum absolute atomic E-state index is 0.0508. The van der Waals surface area contributed by atoms with Crippen LogP contribution >= 0.6 is 22.9 Å². The van der Waals surface area contributed by atoms with Gasteiger partial charge in [0.05, 0.1) is 24.5 Å². The second-order valence-corrected chi connectivity index (χ2v) is 5.89. The Balaban J connectivity index is 2.67. The van der Waals surface area contributed by atoms with Gasteiger partial charge in [-0.15, -0.1) is 22.9 Å². The molecule has 0 bridgehead atoms. The number of amides is 2. The zero-order valence-corrected chi connectivity index (χ0v) is 12.6. The molecular weight excluding hydrogens is 286 g/mol. The van der Waals surface area contributed by atoms with Gasteiger partial charge in [-0.3, -0.25) is 9.59 Å². The van der Waals surface area contributed by atoms with Crippen LogP contribution in [-0.2, 0) is 21.9 Å². The van der Waals surface area contributed by atoms with Crippen molar-refractivity contribution in [3.05, 3.63) is 16.1 Å². The fourth-order valence-electron chi connectivity index (χ4n) is 1.62. The molecular formula is C12H18ClN3O2S. The molecule has 7 heteroatoms. The summed E-state index contributed by atoms with van der Waals surface area (Å²) in [6, 6.07) is 0. The van der Waals surface area contributed by atoms with Gasteiger partial charge in [0.2, 0.25) is 11.8 Å². The molecule has 0 saturated carbocycles. The van der Waals surface area contributed by atoms with E-state index in [9.17, 15) is 9.59 Å². The SMILES string of the molecule is CC(C)CN(CC(N)=O)C(=O)Cc1nc(CCl)cs1. The fraction of sp³-hybridized carbons (Fsp3) is 0.583. The van der Waals surface area contributed by atoms with Crippen LogP contribution in [0.15, 0.2) is 5.38 Å². The Morgan fingerprint density at radius 1 is 1.53 bits per heavy atom. The molecule has 0 aliphatic carbocycles. The molecule has 0 aliphatic rings. The van der Waals surface area contributed by atoms with Crippen molar-refractivity contribution < 1.29 is 9.59 Å². The normalized spacial score (nSPS) is 10.7. The molecule has 0 unspecified atom stereocenters. The van der Waals surface area contributed by atoms with E-state index in [1.165, 1.54) is 16.2 Å². The molecule has 0 spiro atoms. The minimum Gasteiger partial charge on any atom is -0.368 e. The van der Waals surface area contributed by atoms with Crippen molar-refractivity contribution in [2.24, 2.45) is 11.7 Å². The summed E-state index contributed by atoms with van der Waals surface area (Å²) < 4.78 is 0. The molecule has 2 N–H and O–H groups in total. The number of primary amides is 1. The van der Waals surface area contributed by atoms with E-state index >= 15 is 0 Å². The highest BCUT2D eigenvalue weighted by Crippen LogP contribution is 2.13. The lowest BCUT2D eigenvalue weighted by Crippen LogP contribution is -2.41. The van der Waals surface area contributed by atoms with Gasteiger partial charge in [0.25, 0.3) is 0 Å². The third-order valence-electron chi connectivity index (χ3n) is 2.32. The zero-order valence-electron chi connectivity index (χ0n) is 11.1. The Morgan fingerprint density at radius 2 is 2.21 bits per heavy atom. The summed E-state index contributed by atoms with van der Waals surface area (Å²) in [5.41, 5.74) is 5.93. The summed E-state index contributed by atoms with van der Waals surface area (Å²) in [6.45, 7) is 4.42. The van der Waals surface area contributed by atoms with Crippen LogP contribution in [0, 0.1) is 5.92 Å². The van der Waals surface area contributed by atoms with Crippen LogP contribution in [0.4, 0.5) is 0 Å². The number of nitrogens with two attached hydrogens (primary N) is 1. The lowest BCUT2D eigenvalue weighted by Gasteiger charge is -2.22. The average molecular weight is 304 g/mol. The molecule has 0 radical (unpaired) electrons. The van der Waals surface area contributed by atoms with Crippen LogP contribution in [0.3, 0.4) is 0 Å². The average Bonchev–Trinajstić information content (AvgIpc) is 2.74. The van der Waals surface area contributed by atoms with E-state index in [4.69, 9.17) is 17.3 Å². The fourth-order valence-corrected chi connectivity index (χ4v) is 2.63. The first kappa shape index (κ1) is 15.9. The molecule has 5 nitrogen and oxygen atoms in total. The lowest BCUT2D eigenvalue weighted by molar-refractivity contribution is -0.135. The lowest BCUT2D eigenvalue weighted by atomic mass is 10.2. The molecule has 19 heavy (non-hydrogen) atoms. The number of carbonyl (C=O) groups excluding carboxylic acids is 2. The Morgan fingerprint density at radius 3 is 2.68 bits per heavy atom. The van der Waals surface area contributed by atoms with Gasteiger partial charge in [-0.1, -0.05) is 13.8 Å². The van der Waals surface area contributed by atoms with Gasteiger partial charge in [-0.05, 0) is 5.92 Å². The molecule has 2 amide bonds. The van der Waals surface area contributed by atoms with Crippen LogP contribution in [0.2, 0.25) is 0 Å². The molecule has 1 heterocycles. The molecule has 1 aromatic heterocycles. The smallest absolute Gasteiger partial charge is 0.237 e. The number of hydrogen-bond donors (Lipinski definition) is 1. The summed E-state index contributed by atoms with van der Waals surface area (Å²) in [5, 5.41) is 2.54. The van der Waals surface area contributed by atoms with E-state index in [1.54, 1.807) is 0 Å². The van der Waals surface area contributed by atoms with Gasteiger partial charge < -0.3 is 10.6 Å². The van der Waals surface area contributed by atoms with Crippen molar-refractivity contribution in [1.82, 2.24) is 9.88 Å². The number of hydrogen-bond acceptors (Lipinski definition) is 4. The molecule has 0 aliphatic heterocycles. The Bertz CT molecular complexity index is 448. The summed E-state index contributed by atoms with van der Waals surface area (Å²) >= 11 is 7.06. The molecule has 106 valence electrons. The molecule has 1 aromatic rings. The molecule has 0 saturated heterocycles. The largest absolute Gasteiger partial charge is 0.368 e. The molecule has 0 fully saturated rings. The van der Waals surface area contributed by atoms with Crippen molar-refractivity contribution in [3.63, 3.8) is 0 Å². The molecule has 0 atom stereocenters. The maximum atomic E-state index is 12.1. The Labute approximate surface area is 121 Å². The van der Waals surface area contributed by atoms with E-state index in [1.807, 2.05) is 19.2 Å². The number of halogens is 1. The highest BCUT2D eigenvalue weighted by molar-refractivity contribution is 7.09. The standard InChI is InChI=1S/C12H18ClN3O2S/c1-8(2)5-16(6-10(14)17)12(18)3-11-15-9(4-13)7-19-11/h7-8H,3-6H2,1-2H3,(H2,14,17). The van der Waals surface area contributed by atoms with E-state index in [-0.39, 0.29) is 24.8 Å². The highest BCUT2D eigenvalue weighted by Gasteiger charge is 2.18. The van der Waals surface area contributed by atoms with Crippen molar-refractivity contribution in [2.45, 2.75) is 26.1 Å².